The molecular weight excluding hydrogens is 258 g/mol. The molecule has 0 aliphatic carbocycles. The molecular formula is C19H35NO. The van der Waals surface area contributed by atoms with E-state index < -0.39 is 0 Å². The van der Waals surface area contributed by atoms with Crippen LogP contribution in [0.25, 0.3) is 0 Å². The molecule has 2 heteroatoms. The molecule has 0 aromatic rings. The van der Waals surface area contributed by atoms with Crippen LogP contribution in [-0.2, 0) is 4.74 Å². The molecule has 0 bridgehead atoms. The fourth-order valence-corrected chi connectivity index (χ4v) is 3.10. The Balaban J connectivity index is 3.56. The molecule has 122 valence electrons. The Bertz CT molecular complexity index is 389. The summed E-state index contributed by atoms with van der Waals surface area (Å²) in [4.78, 5) is 2.55. The van der Waals surface area contributed by atoms with Crippen molar-refractivity contribution in [3.63, 3.8) is 0 Å². The van der Waals surface area contributed by atoms with Gasteiger partial charge in [0, 0.05) is 17.9 Å². The second-order valence-electron chi connectivity index (χ2n) is 7.68. The van der Waals surface area contributed by atoms with Gasteiger partial charge >= 0.3 is 0 Å². The summed E-state index contributed by atoms with van der Waals surface area (Å²) >= 11 is 0. The van der Waals surface area contributed by atoms with E-state index in [2.05, 4.69) is 74.1 Å². The van der Waals surface area contributed by atoms with E-state index >= 15 is 0 Å². The normalized spacial score (nSPS) is 17.2. The van der Waals surface area contributed by atoms with Gasteiger partial charge in [-0.3, -0.25) is 0 Å². The van der Waals surface area contributed by atoms with Gasteiger partial charge in [-0.15, -0.1) is 0 Å². The third-order valence-electron chi connectivity index (χ3n) is 3.90. The Morgan fingerprint density at radius 1 is 0.571 bits per heavy atom. The van der Waals surface area contributed by atoms with Crippen molar-refractivity contribution < 1.29 is 4.74 Å². The van der Waals surface area contributed by atoms with Crippen molar-refractivity contribution in [3.05, 3.63) is 22.9 Å². The molecule has 0 aromatic carbocycles. The van der Waals surface area contributed by atoms with Crippen molar-refractivity contribution in [2.75, 3.05) is 0 Å². The van der Waals surface area contributed by atoms with Crippen LogP contribution in [0, 0.1) is 23.7 Å². The minimum absolute atomic E-state index is 0.408. The lowest BCUT2D eigenvalue weighted by molar-refractivity contribution is 0.143. The maximum absolute atomic E-state index is 6.46. The summed E-state index contributed by atoms with van der Waals surface area (Å²) in [7, 11) is 0. The van der Waals surface area contributed by atoms with E-state index in [1.165, 1.54) is 11.4 Å². The highest BCUT2D eigenvalue weighted by Crippen LogP contribution is 2.41. The summed E-state index contributed by atoms with van der Waals surface area (Å²) in [5.41, 5.74) is 2.74. The Morgan fingerprint density at radius 2 is 0.905 bits per heavy atom. The minimum Gasteiger partial charge on any atom is -0.462 e. The Hall–Kier alpha value is -0.920. The minimum atomic E-state index is 0.408. The Morgan fingerprint density at radius 3 is 1.10 bits per heavy atom. The first kappa shape index (κ1) is 18.1. The molecule has 1 heterocycles. The van der Waals surface area contributed by atoms with Crippen molar-refractivity contribution in [2.45, 2.75) is 75.3 Å². The predicted octanol–water partition coefficient (Wildman–Crippen LogP) is 5.77. The zero-order valence-corrected chi connectivity index (χ0v) is 15.7. The first-order chi connectivity index (χ1) is 9.59. The molecule has 0 atom stereocenters. The van der Waals surface area contributed by atoms with E-state index in [9.17, 15) is 0 Å². The van der Waals surface area contributed by atoms with Gasteiger partial charge in [-0.05, 0) is 25.7 Å². The van der Waals surface area contributed by atoms with Crippen molar-refractivity contribution in [3.8, 4) is 0 Å². The lowest BCUT2D eigenvalue weighted by Gasteiger charge is -2.44. The average Bonchev–Trinajstić information content (AvgIpc) is 2.34. The fraction of sp³-hybridized carbons (Fsp3) is 0.789. The van der Waals surface area contributed by atoms with Crippen LogP contribution in [0.1, 0.15) is 69.2 Å². The van der Waals surface area contributed by atoms with E-state index in [4.69, 9.17) is 4.74 Å². The van der Waals surface area contributed by atoms with E-state index in [1.807, 2.05) is 0 Å². The monoisotopic (exact) mass is 293 g/mol. The van der Waals surface area contributed by atoms with E-state index in [-0.39, 0.29) is 0 Å². The molecule has 0 unspecified atom stereocenters. The highest BCUT2D eigenvalue weighted by Gasteiger charge is 2.35. The van der Waals surface area contributed by atoms with Crippen LogP contribution in [0.4, 0.5) is 0 Å². The van der Waals surface area contributed by atoms with Crippen LogP contribution in [0.5, 0.6) is 0 Å². The van der Waals surface area contributed by atoms with E-state index in [0.717, 1.165) is 11.5 Å². The Labute approximate surface area is 132 Å². The van der Waals surface area contributed by atoms with Crippen LogP contribution in [-0.4, -0.2) is 10.9 Å². The van der Waals surface area contributed by atoms with Gasteiger partial charge in [0.25, 0.3) is 0 Å². The number of hydrogen-bond acceptors (Lipinski definition) is 2. The number of nitrogens with zero attached hydrogens (tertiary/aromatic N) is 1. The third-order valence-corrected chi connectivity index (χ3v) is 3.90. The zero-order chi connectivity index (χ0) is 16.5. The van der Waals surface area contributed by atoms with Crippen molar-refractivity contribution in [2.24, 2.45) is 23.7 Å². The predicted molar refractivity (Wildman–Crippen MR) is 91.5 cm³/mol. The molecule has 0 N–H and O–H groups in total. The van der Waals surface area contributed by atoms with E-state index in [1.54, 1.807) is 0 Å². The van der Waals surface area contributed by atoms with Crippen LogP contribution >= 0.6 is 0 Å². The molecule has 0 radical (unpaired) electrons. The molecule has 1 rings (SSSR count). The summed E-state index contributed by atoms with van der Waals surface area (Å²) in [5, 5.41) is 0. The van der Waals surface area contributed by atoms with E-state index in [0.29, 0.717) is 29.7 Å². The molecule has 2 nitrogen and oxygen atoms in total. The topological polar surface area (TPSA) is 12.5 Å². The standard InChI is InChI=1S/C19H35NO/c1-11(2)16-18(13(5)6)21-19(14(7)8)17(12(3)4)20(16)15(9)10/h11-15H,1-10H3. The number of rotatable bonds is 5. The largest absolute Gasteiger partial charge is 0.462 e. The molecule has 0 aromatic heterocycles. The van der Waals surface area contributed by atoms with Gasteiger partial charge in [-0.1, -0.05) is 55.4 Å². The molecule has 0 saturated carbocycles. The third kappa shape index (κ3) is 3.64. The summed E-state index contributed by atoms with van der Waals surface area (Å²) < 4.78 is 6.46. The van der Waals surface area contributed by atoms with Gasteiger partial charge in [0.1, 0.15) is 11.5 Å². The van der Waals surface area contributed by atoms with Crippen molar-refractivity contribution >= 4 is 0 Å². The SMILES string of the molecule is CC(C)C1=C(C(C)C)N(C(C)C)C(C(C)C)=C(C(C)C)O1. The molecule has 0 saturated heterocycles. The van der Waals surface area contributed by atoms with Crippen LogP contribution < -0.4 is 0 Å². The molecule has 0 fully saturated rings. The van der Waals surface area contributed by atoms with Gasteiger partial charge in [0.05, 0.1) is 11.4 Å². The number of allylic oxidation sites excluding steroid dienone is 4. The highest BCUT2D eigenvalue weighted by atomic mass is 16.5. The molecule has 21 heavy (non-hydrogen) atoms. The molecule has 1 aliphatic rings. The highest BCUT2D eigenvalue weighted by molar-refractivity contribution is 5.29. The molecule has 0 spiro atoms. The maximum atomic E-state index is 6.46. The van der Waals surface area contributed by atoms with Crippen LogP contribution in [0.15, 0.2) is 22.9 Å². The maximum Gasteiger partial charge on any atom is 0.126 e. The average molecular weight is 293 g/mol. The van der Waals surface area contributed by atoms with Crippen molar-refractivity contribution in [1.82, 2.24) is 4.90 Å². The van der Waals surface area contributed by atoms with Gasteiger partial charge in [0.2, 0.25) is 0 Å². The summed E-state index contributed by atoms with van der Waals surface area (Å²) in [6.45, 7) is 22.6. The van der Waals surface area contributed by atoms with Gasteiger partial charge in [-0.2, -0.15) is 0 Å². The summed E-state index contributed by atoms with van der Waals surface area (Å²) in [6, 6.07) is 0.450. The first-order valence-corrected chi connectivity index (χ1v) is 8.54. The fourth-order valence-electron chi connectivity index (χ4n) is 3.10. The summed E-state index contributed by atoms with van der Waals surface area (Å²) in [5.74, 6) is 4.07. The van der Waals surface area contributed by atoms with Crippen LogP contribution in [0.3, 0.4) is 0 Å². The molecule has 1 aliphatic heterocycles. The summed E-state index contributed by atoms with van der Waals surface area (Å²) in [6.07, 6.45) is 0. The lowest BCUT2D eigenvalue weighted by Crippen LogP contribution is -2.40. The van der Waals surface area contributed by atoms with Gasteiger partial charge in [0.15, 0.2) is 0 Å². The smallest absolute Gasteiger partial charge is 0.126 e. The van der Waals surface area contributed by atoms with Gasteiger partial charge in [-0.25, -0.2) is 0 Å². The lowest BCUT2D eigenvalue weighted by atomic mass is 9.93. The van der Waals surface area contributed by atoms with Crippen molar-refractivity contribution in [1.29, 1.82) is 0 Å². The number of ether oxygens (including phenoxy) is 1. The van der Waals surface area contributed by atoms with Gasteiger partial charge < -0.3 is 9.64 Å². The quantitative estimate of drug-likeness (QED) is 0.637. The second kappa shape index (κ2) is 6.89. The first-order valence-electron chi connectivity index (χ1n) is 8.54. The molecule has 0 amide bonds. The number of hydrogen-bond donors (Lipinski definition) is 0. The second-order valence-corrected chi connectivity index (χ2v) is 7.68. The Kier molecular flexibility index (Phi) is 5.95. The van der Waals surface area contributed by atoms with Crippen LogP contribution in [0.2, 0.25) is 0 Å². The zero-order valence-electron chi connectivity index (χ0n) is 15.7.